The van der Waals surface area contributed by atoms with Gasteiger partial charge in [-0.05, 0) is 49.3 Å². The number of sulfone groups is 1. The third-order valence-electron chi connectivity index (χ3n) is 16.0. The molecule has 1 fully saturated rings. The number of imide groups is 1. The molecule has 1 saturated heterocycles. The molecule has 13 amide bonds. The van der Waals surface area contributed by atoms with Crippen molar-refractivity contribution in [1.29, 1.82) is 0 Å². The van der Waals surface area contributed by atoms with Crippen LogP contribution in [-0.4, -0.2) is 218 Å². The lowest BCUT2D eigenvalue weighted by Crippen LogP contribution is -2.62. The maximum atomic E-state index is 15.0. The summed E-state index contributed by atoms with van der Waals surface area (Å²) in [6, 6.07) is -6.81. The summed E-state index contributed by atoms with van der Waals surface area (Å²) in [5.41, 5.74) is 5.52. The predicted molar refractivity (Wildman–Crippen MR) is 316 cm³/mol. The standard InChI is InChI=1S/C57H81N13O19S/c1-5-30(2)48-53(82)62-25-44(75)63-39-29-90(86,87)55-35(34-15-14-32(88-4)21-36(34)66-55)23-37(50(79)61-26-45(76)67-48)64-54(83)49(31(3)41(72)28-71)68-52(81)40-22-33(27-70(40)56(84)38(24-42(58)73)65-51(39)80)89-57(85)60-19-11-7-6-10-18-59-43(74)13-9-8-12-20-69-46(77)16-17-47(69)78/h14-17,21,30-31,33,37-41,48-49,66,71-72H,5-13,18-20,22-29H2,1-4H3,(H2,58,73)(H,59,74)(H,60,85)(H,61,79)(H,62,82)(H,63,75)(H,64,83)(H,65,80)(H,67,76)(H,68,81)/t30-,31-,33+,37-,38-,39-,40?,41-,48-,49-/m0/s1. The van der Waals surface area contributed by atoms with Gasteiger partial charge in [-0.2, -0.15) is 0 Å². The number of nitrogens with one attached hydrogen (secondary N) is 10. The molecule has 494 valence electrons. The molecule has 4 aliphatic rings. The van der Waals surface area contributed by atoms with Crippen molar-refractivity contribution in [2.45, 2.75) is 151 Å². The molecule has 2 bridgehead atoms. The summed E-state index contributed by atoms with van der Waals surface area (Å²) in [7, 11) is -3.64. The Bertz CT molecular complexity index is 3170. The number of nitrogens with two attached hydrogens (primary N) is 1. The highest BCUT2D eigenvalue weighted by molar-refractivity contribution is 7.91. The van der Waals surface area contributed by atoms with Crippen LogP contribution in [0.4, 0.5) is 4.79 Å². The average molecular weight is 1280 g/mol. The number of aliphatic hydroxyl groups excluding tert-OH is 2. The van der Waals surface area contributed by atoms with Crippen molar-refractivity contribution in [3.05, 3.63) is 35.9 Å². The van der Waals surface area contributed by atoms with E-state index in [1.54, 1.807) is 13.8 Å². The van der Waals surface area contributed by atoms with Crippen molar-refractivity contribution in [3.8, 4) is 5.75 Å². The molecular weight excluding hydrogens is 1200 g/mol. The van der Waals surface area contributed by atoms with Crippen LogP contribution < -0.4 is 58.3 Å². The first kappa shape index (κ1) is 70.4. The van der Waals surface area contributed by atoms with Crippen LogP contribution in [-0.2, 0) is 78.5 Å². The molecule has 1 unspecified atom stereocenters. The Balaban J connectivity index is 1.27. The van der Waals surface area contributed by atoms with Crippen molar-refractivity contribution < 1.29 is 90.4 Å². The van der Waals surface area contributed by atoms with Crippen molar-refractivity contribution >= 4 is 97.7 Å². The number of carbonyl (C=O) groups excluding carboxylic acids is 13. The van der Waals surface area contributed by atoms with Crippen LogP contribution in [0.25, 0.3) is 10.9 Å². The van der Waals surface area contributed by atoms with Crippen molar-refractivity contribution in [3.63, 3.8) is 0 Å². The van der Waals surface area contributed by atoms with Crippen LogP contribution in [0.15, 0.2) is 35.4 Å². The number of alkyl carbamates (subject to hydrolysis) is 1. The number of aromatic nitrogens is 1. The third-order valence-corrected chi connectivity index (χ3v) is 17.8. The Hall–Kier alpha value is -8.72. The fourth-order valence-corrected chi connectivity index (χ4v) is 12.4. The molecular formula is C57H81N13O19S. The smallest absolute Gasteiger partial charge is 0.407 e. The molecule has 6 rings (SSSR count). The number of aromatic amines is 1. The number of hydrogen-bond donors (Lipinski definition) is 13. The zero-order valence-electron chi connectivity index (χ0n) is 50.5. The summed E-state index contributed by atoms with van der Waals surface area (Å²) in [4.78, 5) is 182. The summed E-state index contributed by atoms with van der Waals surface area (Å²) >= 11 is 0. The molecule has 1 aromatic heterocycles. The second-order valence-corrected chi connectivity index (χ2v) is 24.6. The fourth-order valence-electron chi connectivity index (χ4n) is 10.7. The molecule has 33 heteroatoms. The molecule has 0 spiro atoms. The predicted octanol–water partition coefficient (Wildman–Crippen LogP) is -4.06. The number of H-pyrrole nitrogens is 1. The van der Waals surface area contributed by atoms with Crippen molar-refractivity contribution in [2.24, 2.45) is 17.6 Å². The lowest BCUT2D eigenvalue weighted by atomic mass is 9.93. The largest absolute Gasteiger partial charge is 0.497 e. The molecule has 0 aliphatic carbocycles. The van der Waals surface area contributed by atoms with Crippen LogP contribution in [0.3, 0.4) is 0 Å². The summed E-state index contributed by atoms with van der Waals surface area (Å²) in [6.45, 7) is 2.04. The number of ether oxygens (including phenoxy) is 2. The maximum absolute atomic E-state index is 15.0. The fraction of sp³-hybridized carbons (Fsp3) is 0.596. The second kappa shape index (κ2) is 32.7. The quantitative estimate of drug-likeness (QED) is 0.0394. The summed E-state index contributed by atoms with van der Waals surface area (Å²) in [5.74, 6) is -14.2. The van der Waals surface area contributed by atoms with Gasteiger partial charge in [-0.1, -0.05) is 46.5 Å². The summed E-state index contributed by atoms with van der Waals surface area (Å²) in [5, 5.41) is 42.9. The normalized spacial score (nSPS) is 24.0. The minimum atomic E-state index is -4.98. The van der Waals surface area contributed by atoms with Gasteiger partial charge in [0.1, 0.15) is 53.1 Å². The highest BCUT2D eigenvalue weighted by atomic mass is 32.2. The molecule has 0 saturated carbocycles. The zero-order valence-corrected chi connectivity index (χ0v) is 51.3. The summed E-state index contributed by atoms with van der Waals surface area (Å²) < 4.78 is 41.1. The molecule has 14 N–H and O–H groups in total. The number of unbranched alkanes of at least 4 members (excludes halogenated alkanes) is 5. The van der Waals surface area contributed by atoms with Gasteiger partial charge >= 0.3 is 6.09 Å². The summed E-state index contributed by atoms with van der Waals surface area (Å²) in [6.07, 6.45) is 0.884. The van der Waals surface area contributed by atoms with E-state index in [0.29, 0.717) is 57.9 Å². The van der Waals surface area contributed by atoms with Crippen LogP contribution >= 0.6 is 0 Å². The molecule has 4 aliphatic heterocycles. The first-order valence-electron chi connectivity index (χ1n) is 29.8. The monoisotopic (exact) mass is 1280 g/mol. The molecule has 32 nitrogen and oxygen atoms in total. The van der Waals surface area contributed by atoms with Crippen molar-refractivity contribution in [2.75, 3.05) is 58.7 Å². The lowest BCUT2D eigenvalue weighted by molar-refractivity contribution is -0.144. The van der Waals surface area contributed by atoms with Crippen LogP contribution in [0.1, 0.15) is 97.0 Å². The highest BCUT2D eigenvalue weighted by Crippen LogP contribution is 2.32. The number of aliphatic hydroxyl groups is 2. The van der Waals surface area contributed by atoms with Crippen LogP contribution in [0, 0.1) is 11.8 Å². The van der Waals surface area contributed by atoms with E-state index in [0.717, 1.165) is 9.80 Å². The van der Waals surface area contributed by atoms with E-state index >= 15 is 8.42 Å². The Morgan fingerprint density at radius 1 is 0.767 bits per heavy atom. The van der Waals surface area contributed by atoms with E-state index in [-0.39, 0.29) is 59.4 Å². The van der Waals surface area contributed by atoms with Gasteiger partial charge < -0.3 is 83.2 Å². The third kappa shape index (κ3) is 19.1. The molecule has 10 atom stereocenters. The number of benzene rings is 1. The minimum absolute atomic E-state index is 0.0896. The molecule has 5 heterocycles. The maximum Gasteiger partial charge on any atom is 0.407 e. The molecule has 2 aromatic rings. The van der Waals surface area contributed by atoms with E-state index in [9.17, 15) is 72.5 Å². The number of amides is 13. The highest BCUT2D eigenvalue weighted by Gasteiger charge is 2.47. The second-order valence-electron chi connectivity index (χ2n) is 22.6. The van der Waals surface area contributed by atoms with Gasteiger partial charge in [-0.15, -0.1) is 0 Å². The number of rotatable bonds is 22. The van der Waals surface area contributed by atoms with Gasteiger partial charge in [0, 0.05) is 68.4 Å². The number of methoxy groups -OCH3 is 1. The molecule has 1 aromatic carbocycles. The minimum Gasteiger partial charge on any atom is -0.497 e. The van der Waals surface area contributed by atoms with Gasteiger partial charge in [0.15, 0.2) is 9.84 Å². The van der Waals surface area contributed by atoms with Gasteiger partial charge in [0.2, 0.25) is 59.1 Å². The van der Waals surface area contributed by atoms with Gasteiger partial charge in [0.25, 0.3) is 11.8 Å². The van der Waals surface area contributed by atoms with Gasteiger partial charge in [-0.25, -0.2) is 13.2 Å². The van der Waals surface area contributed by atoms with Crippen LogP contribution in [0.5, 0.6) is 5.75 Å². The van der Waals surface area contributed by atoms with E-state index < -0.39 is 186 Å². The van der Waals surface area contributed by atoms with Gasteiger partial charge in [-0.3, -0.25) is 62.4 Å². The van der Waals surface area contributed by atoms with Crippen molar-refractivity contribution in [1.82, 2.24) is 62.6 Å². The molecule has 90 heavy (non-hydrogen) atoms. The topological polar surface area (TPSA) is 472 Å². The Labute approximate surface area is 518 Å². The SMILES string of the molecule is CC[C@H](C)[C@@H]1NC(=O)CNC(=O)[C@@H]2Cc3c([nH]c4cc(OC)ccc34)S(=O)(=O)C[C@H](NC(=O)CNC1=O)C(=O)N[C@@H](CC(N)=O)C(=O)N1C[C@H](OC(=O)NCCCCCCNC(=O)CCCCCN3C(=O)C=CC3=O)CC1C(=O)N[C@@H]([C@@H](C)[C@@H](O)CO)C(=O)N2. The number of nitrogens with zero attached hydrogens (tertiary/aromatic N) is 2. The number of primary amides is 1. The van der Waals surface area contributed by atoms with E-state index in [1.807, 2.05) is 0 Å². The Morgan fingerprint density at radius 3 is 2.08 bits per heavy atom. The van der Waals surface area contributed by atoms with Crippen LogP contribution in [0.2, 0.25) is 0 Å². The molecule has 0 radical (unpaired) electrons. The number of fused-ring (bicyclic) bond motifs is 5. The van der Waals surface area contributed by atoms with Gasteiger partial charge in [0.05, 0.1) is 57.1 Å². The first-order chi connectivity index (χ1) is 42.7. The van der Waals surface area contributed by atoms with E-state index in [1.165, 1.54) is 44.4 Å². The Kier molecular flexibility index (Phi) is 25.5. The number of carbonyl (C=O) groups is 13. The zero-order chi connectivity index (χ0) is 66.0. The first-order valence-corrected chi connectivity index (χ1v) is 31.5. The van der Waals surface area contributed by atoms with E-state index in [2.05, 4.69) is 52.8 Å². The number of hydrogen-bond acceptors (Lipinski definition) is 19. The average Bonchev–Trinajstić information content (AvgIpc) is 1.90. The van der Waals surface area contributed by atoms with E-state index in [4.69, 9.17) is 15.2 Å². The Morgan fingerprint density at radius 2 is 1.42 bits per heavy atom. The lowest BCUT2D eigenvalue weighted by Gasteiger charge is -2.32.